The number of rotatable bonds is 7. The van der Waals surface area contributed by atoms with Crippen molar-refractivity contribution in [3.63, 3.8) is 0 Å². The van der Waals surface area contributed by atoms with Gasteiger partial charge in [0.2, 0.25) is 5.91 Å². The largest absolute Gasteiger partial charge is 0.353 e. The van der Waals surface area contributed by atoms with Crippen LogP contribution in [0.3, 0.4) is 0 Å². The zero-order chi connectivity index (χ0) is 17.5. The van der Waals surface area contributed by atoms with Crippen LogP contribution in [0.1, 0.15) is 12.0 Å². The number of nitrogens with two attached hydrogens (primary N) is 1. The quantitative estimate of drug-likeness (QED) is 0.760. The molecule has 25 heavy (non-hydrogen) atoms. The van der Waals surface area contributed by atoms with E-state index in [-0.39, 0.29) is 24.4 Å². The molecule has 1 saturated heterocycles. The Morgan fingerprint density at radius 3 is 2.52 bits per heavy atom. The lowest BCUT2D eigenvalue weighted by atomic mass is 10.2. The van der Waals surface area contributed by atoms with E-state index < -0.39 is 0 Å². The highest BCUT2D eigenvalue weighted by molar-refractivity contribution is 7.98. The van der Waals surface area contributed by atoms with E-state index in [2.05, 4.69) is 26.9 Å². The maximum atomic E-state index is 12.3. The van der Waals surface area contributed by atoms with Crippen LogP contribution in [0.15, 0.2) is 18.3 Å². The summed E-state index contributed by atoms with van der Waals surface area (Å²) in [6, 6.07) is 3.83. The molecule has 1 fully saturated rings. The smallest absolute Gasteiger partial charge is 0.239 e. The van der Waals surface area contributed by atoms with Crippen molar-refractivity contribution in [1.29, 1.82) is 0 Å². The molecule has 1 aliphatic rings. The lowest BCUT2D eigenvalue weighted by molar-refractivity contribution is -0.132. The molecule has 2 rings (SSSR count). The van der Waals surface area contributed by atoms with Gasteiger partial charge in [-0.05, 0) is 44.2 Å². The molecule has 0 aliphatic carbocycles. The zero-order valence-electron chi connectivity index (χ0n) is 15.4. The first kappa shape index (κ1) is 22.0. The van der Waals surface area contributed by atoms with Gasteiger partial charge in [0.05, 0.1) is 6.04 Å². The first-order valence-electron chi connectivity index (χ1n) is 8.39. The highest BCUT2D eigenvalue weighted by Crippen LogP contribution is 2.15. The molecule has 142 valence electrons. The molecule has 8 heteroatoms. The van der Waals surface area contributed by atoms with Crippen molar-refractivity contribution < 1.29 is 4.79 Å². The minimum absolute atomic E-state index is 0. The van der Waals surface area contributed by atoms with Gasteiger partial charge in [-0.25, -0.2) is 4.98 Å². The maximum Gasteiger partial charge on any atom is 0.239 e. The molecule has 1 aliphatic heterocycles. The second-order valence-electron chi connectivity index (χ2n) is 6.46. The number of anilines is 1. The Bertz CT molecular complexity index is 520. The van der Waals surface area contributed by atoms with Crippen molar-refractivity contribution in [1.82, 2.24) is 14.8 Å². The lowest BCUT2D eigenvalue weighted by Gasteiger charge is -2.36. The van der Waals surface area contributed by atoms with Crippen LogP contribution in [-0.2, 0) is 11.3 Å². The lowest BCUT2D eigenvalue weighted by Crippen LogP contribution is -2.53. The summed E-state index contributed by atoms with van der Waals surface area (Å²) in [6.45, 7) is 3.94. The third kappa shape index (κ3) is 6.66. The highest BCUT2D eigenvalue weighted by Gasteiger charge is 2.25. The summed E-state index contributed by atoms with van der Waals surface area (Å²) >= 11 is 1.73. The van der Waals surface area contributed by atoms with E-state index in [0.717, 1.165) is 37.6 Å². The molecule has 1 aromatic rings. The van der Waals surface area contributed by atoms with E-state index in [1.807, 2.05) is 31.4 Å². The maximum absolute atomic E-state index is 12.3. The number of thioether (sulfide) groups is 1. The van der Waals surface area contributed by atoms with Crippen molar-refractivity contribution in [2.75, 3.05) is 57.2 Å². The molecule has 2 N–H and O–H groups in total. The van der Waals surface area contributed by atoms with Crippen LogP contribution in [0.2, 0.25) is 0 Å². The molecular weight excluding hydrogens is 358 g/mol. The minimum Gasteiger partial charge on any atom is -0.353 e. The first-order chi connectivity index (χ1) is 11.5. The number of nitrogens with zero attached hydrogens (tertiary/aromatic N) is 4. The highest BCUT2D eigenvalue weighted by atomic mass is 35.5. The predicted molar refractivity (Wildman–Crippen MR) is 109 cm³/mol. The molecule has 6 nitrogen and oxygen atoms in total. The molecule has 2 heterocycles. The van der Waals surface area contributed by atoms with Crippen LogP contribution in [0.5, 0.6) is 0 Å². The van der Waals surface area contributed by atoms with Crippen molar-refractivity contribution in [3.8, 4) is 0 Å². The number of carbonyl (C=O) groups is 1. The fourth-order valence-corrected chi connectivity index (χ4v) is 3.31. The molecule has 0 bridgehead atoms. The van der Waals surface area contributed by atoms with Gasteiger partial charge in [-0.1, -0.05) is 6.07 Å². The summed E-state index contributed by atoms with van der Waals surface area (Å²) in [4.78, 5) is 23.2. The summed E-state index contributed by atoms with van der Waals surface area (Å²) in [7, 11) is 4.10. The van der Waals surface area contributed by atoms with E-state index in [1.54, 1.807) is 11.8 Å². The second-order valence-corrected chi connectivity index (χ2v) is 7.45. The molecule has 1 atom stereocenters. The Hall–Kier alpha value is -1.02. The fraction of sp³-hybridized carbons (Fsp3) is 0.647. The second kappa shape index (κ2) is 10.9. The van der Waals surface area contributed by atoms with Gasteiger partial charge in [0.1, 0.15) is 5.82 Å². The van der Waals surface area contributed by atoms with Gasteiger partial charge in [-0.15, -0.1) is 12.4 Å². The van der Waals surface area contributed by atoms with Gasteiger partial charge >= 0.3 is 0 Å². The summed E-state index contributed by atoms with van der Waals surface area (Å²) < 4.78 is 0. The van der Waals surface area contributed by atoms with Gasteiger partial charge in [0.15, 0.2) is 0 Å². The van der Waals surface area contributed by atoms with Gasteiger partial charge in [0, 0.05) is 38.9 Å². The average molecular weight is 388 g/mol. The third-order valence-corrected chi connectivity index (χ3v) is 4.82. The van der Waals surface area contributed by atoms with E-state index in [9.17, 15) is 4.79 Å². The van der Waals surface area contributed by atoms with E-state index in [4.69, 9.17) is 5.73 Å². The molecule has 0 saturated carbocycles. The Kier molecular flexibility index (Phi) is 9.56. The van der Waals surface area contributed by atoms with Crippen LogP contribution in [-0.4, -0.2) is 79.0 Å². The number of carbonyl (C=O) groups excluding carboxylic acids is 1. The van der Waals surface area contributed by atoms with Crippen LogP contribution in [0, 0.1) is 0 Å². The number of hydrogen-bond donors (Lipinski definition) is 1. The van der Waals surface area contributed by atoms with Gasteiger partial charge in [-0.2, -0.15) is 11.8 Å². The summed E-state index contributed by atoms with van der Waals surface area (Å²) in [5.41, 5.74) is 7.21. The van der Waals surface area contributed by atoms with Crippen molar-refractivity contribution in [2.24, 2.45) is 5.73 Å². The van der Waals surface area contributed by atoms with Crippen molar-refractivity contribution in [2.45, 2.75) is 19.0 Å². The molecule has 0 spiro atoms. The van der Waals surface area contributed by atoms with Crippen LogP contribution in [0.4, 0.5) is 5.82 Å². The Balaban J connectivity index is 0.00000312. The third-order valence-electron chi connectivity index (χ3n) is 4.17. The van der Waals surface area contributed by atoms with E-state index in [1.165, 1.54) is 5.56 Å². The monoisotopic (exact) mass is 387 g/mol. The number of pyridine rings is 1. The van der Waals surface area contributed by atoms with Crippen molar-refractivity contribution in [3.05, 3.63) is 23.9 Å². The Morgan fingerprint density at radius 1 is 1.32 bits per heavy atom. The fourth-order valence-electron chi connectivity index (χ4n) is 2.82. The Morgan fingerprint density at radius 2 is 2.00 bits per heavy atom. The number of piperazine rings is 1. The van der Waals surface area contributed by atoms with Gasteiger partial charge in [0.25, 0.3) is 0 Å². The summed E-state index contributed by atoms with van der Waals surface area (Å²) in [5, 5.41) is 0. The van der Waals surface area contributed by atoms with Crippen molar-refractivity contribution >= 4 is 35.9 Å². The van der Waals surface area contributed by atoms with Crippen LogP contribution in [0.25, 0.3) is 0 Å². The number of aromatic nitrogens is 1. The predicted octanol–water partition coefficient (Wildman–Crippen LogP) is 1.29. The number of amides is 1. The van der Waals surface area contributed by atoms with E-state index >= 15 is 0 Å². The Labute approximate surface area is 161 Å². The minimum atomic E-state index is -0.368. The number of hydrogen-bond acceptors (Lipinski definition) is 6. The summed E-state index contributed by atoms with van der Waals surface area (Å²) in [5.74, 6) is 1.99. The molecule has 1 amide bonds. The van der Waals surface area contributed by atoms with Gasteiger partial charge in [-0.3, -0.25) is 4.79 Å². The SMILES string of the molecule is CSCCC(N)C(=O)N1CCN(c2ccc(CN(C)C)cn2)CC1.Cl. The van der Waals surface area contributed by atoms with Crippen LogP contribution >= 0.6 is 24.2 Å². The summed E-state index contributed by atoms with van der Waals surface area (Å²) in [6.07, 6.45) is 4.72. The molecular formula is C17H30ClN5OS. The molecule has 1 aromatic heterocycles. The standard InChI is InChI=1S/C17H29N5OS.ClH/c1-20(2)13-14-4-5-16(19-12-14)21-7-9-22(10-8-21)17(23)15(18)6-11-24-3;/h4-5,12,15H,6-11,13,18H2,1-3H3;1H. The first-order valence-corrected chi connectivity index (χ1v) is 9.78. The zero-order valence-corrected chi connectivity index (χ0v) is 17.0. The van der Waals surface area contributed by atoms with E-state index in [0.29, 0.717) is 13.1 Å². The van der Waals surface area contributed by atoms with Crippen LogP contribution < -0.4 is 10.6 Å². The van der Waals surface area contributed by atoms with Gasteiger partial charge < -0.3 is 20.4 Å². The molecule has 0 aromatic carbocycles. The average Bonchev–Trinajstić information content (AvgIpc) is 2.59. The number of halogens is 1. The molecule has 1 unspecified atom stereocenters. The topological polar surface area (TPSA) is 65.7 Å². The normalized spacial score (nSPS) is 15.9. The molecule has 0 radical (unpaired) electrons.